The first kappa shape index (κ1) is 28.2. The molecule has 0 radical (unpaired) electrons. The molecule has 10 heteroatoms. The van der Waals surface area contributed by atoms with E-state index in [9.17, 15) is 4.79 Å². The van der Waals surface area contributed by atoms with Crippen molar-refractivity contribution in [1.82, 2.24) is 24.4 Å². The Labute approximate surface area is 247 Å². The molecule has 222 valence electrons. The molecule has 4 heterocycles. The van der Waals surface area contributed by atoms with Crippen LogP contribution in [0.25, 0.3) is 16.6 Å². The highest BCUT2D eigenvalue weighted by molar-refractivity contribution is 6.00. The number of nitrogens with two attached hydrogens (primary N) is 1. The Morgan fingerprint density at radius 2 is 1.67 bits per heavy atom. The molecule has 4 N–H and O–H groups in total. The lowest BCUT2D eigenvalue weighted by Crippen LogP contribution is -2.49. The summed E-state index contributed by atoms with van der Waals surface area (Å²) in [6.07, 6.45) is 7.79. The number of carbonyl (C=O) groups excluding carboxylic acids is 1. The van der Waals surface area contributed by atoms with E-state index in [4.69, 9.17) is 10.2 Å². The molecule has 6 rings (SSSR count). The van der Waals surface area contributed by atoms with Crippen LogP contribution in [0.15, 0.2) is 53.4 Å². The number of nitrogens with one attached hydrogen (secondary N) is 2. The van der Waals surface area contributed by atoms with Gasteiger partial charge in [-0.3, -0.25) is 4.90 Å². The third kappa shape index (κ3) is 5.87. The van der Waals surface area contributed by atoms with Crippen LogP contribution in [-0.4, -0.2) is 69.7 Å². The van der Waals surface area contributed by atoms with Crippen molar-refractivity contribution in [2.75, 3.05) is 49.6 Å². The van der Waals surface area contributed by atoms with Gasteiger partial charge in [0.25, 0.3) is 0 Å². The topological polar surface area (TPSA) is 117 Å². The van der Waals surface area contributed by atoms with Crippen LogP contribution >= 0.6 is 0 Å². The zero-order valence-corrected chi connectivity index (χ0v) is 25.1. The maximum Gasteiger partial charge on any atom is 0.323 e. The number of urea groups is 1. The molecule has 0 atom stereocenters. The Kier molecular flexibility index (Phi) is 7.67. The minimum Gasteiger partial charge on any atom is -0.467 e. The summed E-state index contributed by atoms with van der Waals surface area (Å²) in [6.45, 7) is 10.8. The van der Waals surface area contributed by atoms with Gasteiger partial charge in [-0.25, -0.2) is 14.3 Å². The van der Waals surface area contributed by atoms with Crippen molar-refractivity contribution < 1.29 is 9.21 Å². The predicted molar refractivity (Wildman–Crippen MR) is 167 cm³/mol. The number of amides is 2. The number of likely N-dealkylation sites (N-methyl/N-ethyl adjacent to an activating group) is 1. The quantitative estimate of drug-likeness (QED) is 0.278. The number of carbonyl (C=O) groups is 1. The summed E-state index contributed by atoms with van der Waals surface area (Å²) in [4.78, 5) is 22.0. The van der Waals surface area contributed by atoms with E-state index in [0.29, 0.717) is 29.2 Å². The van der Waals surface area contributed by atoms with Crippen LogP contribution in [0.1, 0.15) is 63.8 Å². The van der Waals surface area contributed by atoms with Gasteiger partial charge in [0, 0.05) is 66.6 Å². The summed E-state index contributed by atoms with van der Waals surface area (Å²) >= 11 is 0. The lowest BCUT2D eigenvalue weighted by atomic mass is 9.83. The summed E-state index contributed by atoms with van der Waals surface area (Å²) in [5, 5.41) is 10.4. The van der Waals surface area contributed by atoms with Gasteiger partial charge in [0.15, 0.2) is 5.82 Å². The van der Waals surface area contributed by atoms with Gasteiger partial charge in [0.05, 0.1) is 5.69 Å². The molecule has 1 saturated heterocycles. The number of nitrogen functional groups attached to an aromatic ring is 1. The Morgan fingerprint density at radius 1 is 0.976 bits per heavy atom. The number of nitrogens with zero attached hydrogens (tertiary/aromatic N) is 5. The highest BCUT2D eigenvalue weighted by Crippen LogP contribution is 2.40. The fraction of sp³-hybridized carbons (Fsp3) is 0.469. The number of hydrogen-bond acceptors (Lipinski definition) is 7. The van der Waals surface area contributed by atoms with E-state index in [1.807, 2.05) is 34.8 Å². The molecule has 0 unspecified atom stereocenters. The molecule has 1 aliphatic heterocycles. The highest BCUT2D eigenvalue weighted by atomic mass is 16.3. The van der Waals surface area contributed by atoms with E-state index in [0.717, 1.165) is 48.3 Å². The summed E-state index contributed by atoms with van der Waals surface area (Å²) < 4.78 is 7.60. The lowest BCUT2D eigenvalue weighted by Gasteiger charge is -2.41. The van der Waals surface area contributed by atoms with Crippen molar-refractivity contribution in [3.05, 3.63) is 60.4 Å². The van der Waals surface area contributed by atoms with Crippen molar-refractivity contribution in [3.63, 3.8) is 0 Å². The minimum atomic E-state index is -0.328. The van der Waals surface area contributed by atoms with Crippen molar-refractivity contribution in [2.45, 2.75) is 63.8 Å². The average molecular weight is 571 g/mol. The number of aromatic nitrogens is 3. The number of furan rings is 1. The third-order valence-corrected chi connectivity index (χ3v) is 8.83. The van der Waals surface area contributed by atoms with Gasteiger partial charge in [-0.15, -0.1) is 0 Å². The van der Waals surface area contributed by atoms with Crippen molar-refractivity contribution in [1.29, 1.82) is 0 Å². The Morgan fingerprint density at radius 3 is 2.33 bits per heavy atom. The number of rotatable bonds is 5. The van der Waals surface area contributed by atoms with Crippen LogP contribution in [0.5, 0.6) is 0 Å². The van der Waals surface area contributed by atoms with Gasteiger partial charge < -0.3 is 25.7 Å². The average Bonchev–Trinajstić information content (AvgIpc) is 3.60. The minimum absolute atomic E-state index is 0.131. The predicted octanol–water partition coefficient (Wildman–Crippen LogP) is 5.79. The molecule has 0 spiro atoms. The summed E-state index contributed by atoms with van der Waals surface area (Å²) in [6, 6.07) is 12.2. The monoisotopic (exact) mass is 570 g/mol. The molecule has 2 aliphatic rings. The SMILES string of the molecule is CN1CCN([C@H]2CC[C@H](c3cc(-c4ccc(NC(=O)Nc5coc(C(C)(C)C)c5)cc4)c4c(N)ncnn43)CC2)CC1. The van der Waals surface area contributed by atoms with Gasteiger partial charge in [0.1, 0.15) is 23.9 Å². The number of hydrogen-bond donors (Lipinski definition) is 3. The van der Waals surface area contributed by atoms with E-state index in [1.54, 1.807) is 12.6 Å². The molecule has 4 aromatic rings. The highest BCUT2D eigenvalue weighted by Gasteiger charge is 2.30. The van der Waals surface area contributed by atoms with Crippen molar-refractivity contribution in [2.24, 2.45) is 0 Å². The van der Waals surface area contributed by atoms with E-state index in [2.05, 4.69) is 64.4 Å². The van der Waals surface area contributed by atoms with E-state index < -0.39 is 0 Å². The zero-order valence-electron chi connectivity index (χ0n) is 25.1. The molecule has 10 nitrogen and oxygen atoms in total. The number of anilines is 3. The molecular formula is C32H42N8O2. The maximum atomic E-state index is 12.6. The Bertz CT molecular complexity index is 1530. The second-order valence-corrected chi connectivity index (χ2v) is 12.8. The molecule has 2 fully saturated rings. The van der Waals surface area contributed by atoms with E-state index in [1.165, 1.54) is 31.6 Å². The molecule has 1 saturated carbocycles. The fourth-order valence-electron chi connectivity index (χ4n) is 6.35. The molecule has 3 aromatic heterocycles. The fourth-order valence-corrected chi connectivity index (χ4v) is 6.35. The second-order valence-electron chi connectivity index (χ2n) is 12.8. The van der Waals surface area contributed by atoms with Gasteiger partial charge in [0.2, 0.25) is 0 Å². The third-order valence-electron chi connectivity index (χ3n) is 8.83. The smallest absolute Gasteiger partial charge is 0.323 e. The van der Waals surface area contributed by atoms with Gasteiger partial charge >= 0.3 is 6.03 Å². The lowest BCUT2D eigenvalue weighted by molar-refractivity contribution is 0.0874. The summed E-state index contributed by atoms with van der Waals surface area (Å²) in [5.74, 6) is 1.71. The summed E-state index contributed by atoms with van der Waals surface area (Å²) in [7, 11) is 2.21. The molecule has 1 aromatic carbocycles. The second kappa shape index (κ2) is 11.4. The van der Waals surface area contributed by atoms with Crippen LogP contribution in [0.2, 0.25) is 0 Å². The first-order valence-corrected chi connectivity index (χ1v) is 15.0. The first-order valence-electron chi connectivity index (χ1n) is 15.0. The first-order chi connectivity index (χ1) is 20.2. The molecular weight excluding hydrogens is 528 g/mol. The standard InChI is InChI=1S/C32H42N8O2/c1-32(2,3)28-17-24(19-42-28)37-31(41)36-23-9-5-21(6-10-23)26-18-27(40-29(26)30(33)34-20-35-40)22-7-11-25(12-8-22)39-15-13-38(4)14-16-39/h5-6,9-10,17-20,22,25H,7-8,11-16H2,1-4H3,(H2,33,34,35)(H2,36,37,41)/t22-,25-. The molecule has 0 bridgehead atoms. The number of benzene rings is 1. The number of fused-ring (bicyclic) bond motifs is 1. The number of piperazine rings is 1. The van der Waals surface area contributed by atoms with Crippen molar-refractivity contribution in [3.8, 4) is 11.1 Å². The van der Waals surface area contributed by atoms with Crippen LogP contribution in [0.3, 0.4) is 0 Å². The van der Waals surface area contributed by atoms with Crippen LogP contribution in [-0.2, 0) is 5.41 Å². The van der Waals surface area contributed by atoms with E-state index in [-0.39, 0.29) is 11.4 Å². The molecule has 42 heavy (non-hydrogen) atoms. The largest absolute Gasteiger partial charge is 0.467 e. The zero-order chi connectivity index (χ0) is 29.4. The van der Waals surface area contributed by atoms with Gasteiger partial charge in [-0.1, -0.05) is 32.9 Å². The van der Waals surface area contributed by atoms with E-state index >= 15 is 0 Å². The normalized spacial score (nSPS) is 20.6. The van der Waals surface area contributed by atoms with Crippen molar-refractivity contribution >= 4 is 28.7 Å². The van der Waals surface area contributed by atoms with Gasteiger partial charge in [-0.05, 0) is 56.5 Å². The van der Waals surface area contributed by atoms with Crippen LogP contribution < -0.4 is 16.4 Å². The van der Waals surface area contributed by atoms with Crippen LogP contribution in [0.4, 0.5) is 22.0 Å². The van der Waals surface area contributed by atoms with Crippen LogP contribution in [0, 0.1) is 0 Å². The summed E-state index contributed by atoms with van der Waals surface area (Å²) in [5.41, 5.74) is 11.6. The maximum absolute atomic E-state index is 12.6. The molecule has 1 aliphatic carbocycles. The van der Waals surface area contributed by atoms with Gasteiger partial charge in [-0.2, -0.15) is 5.10 Å². The Balaban J connectivity index is 1.16. The molecule has 2 amide bonds. The Hall–Kier alpha value is -3.89.